The molecule has 20 heavy (non-hydrogen) atoms. The second kappa shape index (κ2) is 7.78. The molecular formula is C18H27NO. The van der Waals surface area contributed by atoms with Crippen molar-refractivity contribution in [1.82, 2.24) is 5.32 Å². The first-order valence-corrected chi connectivity index (χ1v) is 7.33. The van der Waals surface area contributed by atoms with Crippen LogP contribution in [0.15, 0.2) is 59.6 Å². The average Bonchev–Trinajstić information content (AvgIpc) is 2.42. The van der Waals surface area contributed by atoms with Gasteiger partial charge in [-0.1, -0.05) is 38.7 Å². The molecule has 2 nitrogen and oxygen atoms in total. The summed E-state index contributed by atoms with van der Waals surface area (Å²) in [4.78, 5) is 0. The second-order valence-corrected chi connectivity index (χ2v) is 5.39. The first-order chi connectivity index (χ1) is 9.51. The lowest BCUT2D eigenvalue weighted by atomic mass is 9.82. The van der Waals surface area contributed by atoms with E-state index < -0.39 is 0 Å². The number of nitrogens with one attached hydrogen (secondary N) is 1. The fourth-order valence-electron chi connectivity index (χ4n) is 2.47. The van der Waals surface area contributed by atoms with Crippen molar-refractivity contribution in [3.05, 3.63) is 59.6 Å². The number of aliphatic hydroxyl groups excluding tert-OH is 1. The van der Waals surface area contributed by atoms with E-state index in [9.17, 15) is 5.11 Å². The number of hydrogen-bond donors (Lipinski definition) is 2. The van der Waals surface area contributed by atoms with Crippen LogP contribution < -0.4 is 5.32 Å². The Morgan fingerprint density at radius 3 is 2.80 bits per heavy atom. The van der Waals surface area contributed by atoms with Gasteiger partial charge in [0.25, 0.3) is 0 Å². The molecule has 0 bridgehead atoms. The summed E-state index contributed by atoms with van der Waals surface area (Å²) in [7, 11) is 1.90. The standard InChI is InChI=1S/C18H27NO/c1-6-13(2)18-15(4)11-16(12-17(18)20)14(3)9-7-8-10-19-5/h8,10,12,14,19-20H,2,4,6-7,9,11H2,1,3,5H3/b10-8+. The zero-order valence-corrected chi connectivity index (χ0v) is 13.0. The summed E-state index contributed by atoms with van der Waals surface area (Å²) in [6.07, 6.45) is 9.80. The van der Waals surface area contributed by atoms with Gasteiger partial charge in [-0.2, -0.15) is 0 Å². The van der Waals surface area contributed by atoms with Crippen LogP contribution >= 0.6 is 0 Å². The molecule has 0 fully saturated rings. The monoisotopic (exact) mass is 273 g/mol. The molecule has 0 spiro atoms. The molecule has 0 aromatic rings. The molecule has 110 valence electrons. The third kappa shape index (κ3) is 4.16. The van der Waals surface area contributed by atoms with E-state index in [4.69, 9.17) is 0 Å². The van der Waals surface area contributed by atoms with E-state index in [0.717, 1.165) is 42.4 Å². The normalized spacial score (nSPS) is 17.4. The van der Waals surface area contributed by atoms with E-state index in [1.54, 1.807) is 0 Å². The van der Waals surface area contributed by atoms with Gasteiger partial charge in [-0.15, -0.1) is 0 Å². The zero-order chi connectivity index (χ0) is 15.1. The fourth-order valence-corrected chi connectivity index (χ4v) is 2.47. The van der Waals surface area contributed by atoms with Gasteiger partial charge in [0.05, 0.1) is 0 Å². The fraction of sp³-hybridized carbons (Fsp3) is 0.444. The van der Waals surface area contributed by atoms with Crippen molar-refractivity contribution < 1.29 is 5.11 Å². The first kappa shape index (κ1) is 16.4. The highest BCUT2D eigenvalue weighted by Gasteiger charge is 2.20. The zero-order valence-electron chi connectivity index (χ0n) is 13.0. The van der Waals surface area contributed by atoms with Crippen LogP contribution in [-0.4, -0.2) is 12.2 Å². The molecule has 0 heterocycles. The Morgan fingerprint density at radius 1 is 1.55 bits per heavy atom. The summed E-state index contributed by atoms with van der Waals surface area (Å²) in [5.41, 5.74) is 4.08. The lowest BCUT2D eigenvalue weighted by molar-refractivity contribution is 0.421. The SMILES string of the molecule is C=C(CC)C1=C(O)C=C(C(C)CC/C=C/NC)CC1=C. The highest BCUT2D eigenvalue weighted by molar-refractivity contribution is 5.53. The van der Waals surface area contributed by atoms with Crippen LogP contribution in [0.25, 0.3) is 0 Å². The molecule has 1 unspecified atom stereocenters. The van der Waals surface area contributed by atoms with Gasteiger partial charge in [0, 0.05) is 12.6 Å². The Balaban J connectivity index is 2.78. The predicted octanol–water partition coefficient (Wildman–Crippen LogP) is 4.80. The molecule has 1 aliphatic carbocycles. The maximum absolute atomic E-state index is 10.2. The summed E-state index contributed by atoms with van der Waals surface area (Å²) in [6.45, 7) is 12.4. The van der Waals surface area contributed by atoms with Crippen LogP contribution in [0.4, 0.5) is 0 Å². The lowest BCUT2D eigenvalue weighted by Gasteiger charge is -2.24. The Morgan fingerprint density at radius 2 is 2.25 bits per heavy atom. The number of hydrogen-bond acceptors (Lipinski definition) is 2. The van der Waals surface area contributed by atoms with E-state index in [-0.39, 0.29) is 0 Å². The van der Waals surface area contributed by atoms with Crippen LogP contribution in [0, 0.1) is 5.92 Å². The minimum Gasteiger partial charge on any atom is -0.507 e. The summed E-state index contributed by atoms with van der Waals surface area (Å²) < 4.78 is 0. The minimum atomic E-state index is 0.334. The van der Waals surface area contributed by atoms with Crippen LogP contribution in [0.2, 0.25) is 0 Å². The maximum Gasteiger partial charge on any atom is 0.123 e. The van der Waals surface area contributed by atoms with Gasteiger partial charge in [-0.3, -0.25) is 0 Å². The molecule has 1 rings (SSSR count). The van der Waals surface area contributed by atoms with Gasteiger partial charge in [0.15, 0.2) is 0 Å². The summed E-state index contributed by atoms with van der Waals surface area (Å²) in [5.74, 6) is 0.785. The topological polar surface area (TPSA) is 32.3 Å². The molecule has 0 aromatic heterocycles. The van der Waals surface area contributed by atoms with E-state index >= 15 is 0 Å². The Kier molecular flexibility index (Phi) is 6.37. The highest BCUT2D eigenvalue weighted by atomic mass is 16.3. The van der Waals surface area contributed by atoms with Crippen LogP contribution in [0.1, 0.15) is 39.5 Å². The van der Waals surface area contributed by atoms with Crippen molar-refractivity contribution >= 4 is 0 Å². The third-order valence-electron chi connectivity index (χ3n) is 3.81. The quantitative estimate of drug-likeness (QED) is 0.698. The van der Waals surface area contributed by atoms with Gasteiger partial charge in [-0.05, 0) is 55.0 Å². The molecular weight excluding hydrogens is 246 g/mol. The minimum absolute atomic E-state index is 0.334. The molecule has 2 heteroatoms. The second-order valence-electron chi connectivity index (χ2n) is 5.39. The van der Waals surface area contributed by atoms with Crippen LogP contribution in [0.5, 0.6) is 0 Å². The van der Waals surface area contributed by atoms with E-state index in [2.05, 4.69) is 31.5 Å². The molecule has 2 N–H and O–H groups in total. The molecule has 0 amide bonds. The van der Waals surface area contributed by atoms with Gasteiger partial charge >= 0.3 is 0 Å². The molecule has 0 saturated heterocycles. The number of aliphatic hydroxyl groups is 1. The van der Waals surface area contributed by atoms with Gasteiger partial charge in [-0.25, -0.2) is 0 Å². The highest BCUT2D eigenvalue weighted by Crippen LogP contribution is 2.36. The van der Waals surface area contributed by atoms with Crippen molar-refractivity contribution in [2.24, 2.45) is 5.92 Å². The number of rotatable bonds is 7. The van der Waals surface area contributed by atoms with Crippen molar-refractivity contribution in [3.8, 4) is 0 Å². The predicted molar refractivity (Wildman–Crippen MR) is 87.5 cm³/mol. The average molecular weight is 273 g/mol. The van der Waals surface area contributed by atoms with Crippen molar-refractivity contribution in [3.63, 3.8) is 0 Å². The molecule has 0 aliphatic heterocycles. The Labute approximate surface area is 123 Å². The summed E-state index contributed by atoms with van der Waals surface area (Å²) in [5, 5.41) is 13.2. The molecule has 0 radical (unpaired) electrons. The lowest BCUT2D eigenvalue weighted by Crippen LogP contribution is -2.09. The van der Waals surface area contributed by atoms with E-state index in [1.165, 1.54) is 5.57 Å². The third-order valence-corrected chi connectivity index (χ3v) is 3.81. The molecule has 0 aromatic carbocycles. The summed E-state index contributed by atoms with van der Waals surface area (Å²) in [6, 6.07) is 0. The van der Waals surface area contributed by atoms with Crippen LogP contribution in [0.3, 0.4) is 0 Å². The smallest absolute Gasteiger partial charge is 0.123 e. The van der Waals surface area contributed by atoms with Crippen molar-refractivity contribution in [1.29, 1.82) is 0 Å². The Bertz CT molecular complexity index is 466. The van der Waals surface area contributed by atoms with E-state index in [1.807, 2.05) is 26.2 Å². The Hall–Kier alpha value is -1.70. The van der Waals surface area contributed by atoms with Crippen molar-refractivity contribution in [2.45, 2.75) is 39.5 Å². The molecule has 1 aliphatic rings. The molecule has 1 atom stereocenters. The largest absolute Gasteiger partial charge is 0.507 e. The van der Waals surface area contributed by atoms with Gasteiger partial charge in [0.2, 0.25) is 0 Å². The molecule has 0 saturated carbocycles. The van der Waals surface area contributed by atoms with Gasteiger partial charge in [0.1, 0.15) is 5.76 Å². The first-order valence-electron chi connectivity index (χ1n) is 7.33. The van der Waals surface area contributed by atoms with Gasteiger partial charge < -0.3 is 10.4 Å². The maximum atomic E-state index is 10.2. The summed E-state index contributed by atoms with van der Waals surface area (Å²) >= 11 is 0. The van der Waals surface area contributed by atoms with Crippen molar-refractivity contribution in [2.75, 3.05) is 7.05 Å². The van der Waals surface area contributed by atoms with Crippen LogP contribution in [-0.2, 0) is 0 Å². The number of allylic oxidation sites excluding steroid dienone is 6. The van der Waals surface area contributed by atoms with E-state index in [0.29, 0.717) is 11.7 Å².